The van der Waals surface area contributed by atoms with E-state index in [2.05, 4.69) is 62.0 Å². The number of benzene rings is 4. The number of nitrogens with zero attached hydrogens (tertiary/aromatic N) is 3. The van der Waals surface area contributed by atoms with Gasteiger partial charge in [0, 0.05) is 47.5 Å². The Morgan fingerprint density at radius 3 is 1.19 bits per heavy atom. The van der Waals surface area contributed by atoms with E-state index >= 15 is 0 Å². The normalized spacial score (nSPS) is 21.2. The van der Waals surface area contributed by atoms with Crippen molar-refractivity contribution in [2.45, 2.75) is 95.7 Å². The first-order chi connectivity index (χ1) is 37.8. The number of aromatic nitrogens is 3. The number of carbonyl (C=O) groups is 4. The monoisotopic (exact) mass is 1090 g/mol. The minimum absolute atomic E-state index is 0. The molecule has 4 aromatic carbocycles. The van der Waals surface area contributed by atoms with Crippen LogP contribution in [-0.2, 0) is 23.9 Å². The summed E-state index contributed by atoms with van der Waals surface area (Å²) in [4.78, 5) is 61.2. The Kier molecular flexibility index (Phi) is 24.7. The zero-order valence-corrected chi connectivity index (χ0v) is 45.8. The number of ether oxygens (including phenoxy) is 1. The standard InChI is InChI=1S/C28H28N2O3.C18H20N2O2.C10H10O2.C8H12N2O.CH4.Li.H2O/c1-18-12-13-21(16-29-18)26(30-27(31)24-14-22(24)19-8-4-2-5-9-19)17-33-28(32)25-15-23(25)20-10-6-3-7-11-20;1-12-7-8-14(10-19-12)17(11-21)20-18(22)16-9-15(16)13-5-3-2-4-6-13;11-10(12)9-6-8(9)7-4-2-1-3-5-7;1-6-2-3-7(4-10-6)8(9)5-11;;;/h2-13,16,22-26H,14-15,17H2,1H3,(H,30,31);2-8,10,15-17,21H,9,11H2,1H3,(H,20,22);1-5,8-9H,6H2,(H,11,12);2-4,8,11H,5,9H2,1H3;1H4;;1H2/q;;;;;+1;/p-1/t22-,23-,24+,25+,26+;15-,16+,17+;8-,9+;8-;;;/m1110.../s1. The van der Waals surface area contributed by atoms with E-state index in [4.69, 9.17) is 20.7 Å². The second-order valence-corrected chi connectivity index (χ2v) is 20.7. The molecule has 0 saturated heterocycles. The van der Waals surface area contributed by atoms with E-state index < -0.39 is 18.1 Å². The maximum absolute atomic E-state index is 13.0. The van der Waals surface area contributed by atoms with E-state index in [-0.39, 0.29) is 117 Å². The Labute approximate surface area is 487 Å². The van der Waals surface area contributed by atoms with Gasteiger partial charge in [-0.05, 0) is 127 Å². The van der Waals surface area contributed by atoms with Crippen LogP contribution in [0.2, 0.25) is 0 Å². The third-order valence-electron chi connectivity index (χ3n) is 14.8. The first-order valence-corrected chi connectivity index (χ1v) is 26.8. The molecule has 4 saturated carbocycles. The number of aliphatic hydroxyl groups is 2. The van der Waals surface area contributed by atoms with E-state index in [1.807, 2.05) is 142 Å². The number of hydrogen-bond donors (Lipinski definition) is 6. The molecule has 4 fully saturated rings. The van der Waals surface area contributed by atoms with Crippen LogP contribution in [0.1, 0.15) is 131 Å². The fourth-order valence-corrected chi connectivity index (χ4v) is 9.63. The van der Waals surface area contributed by atoms with Crippen LogP contribution in [0.15, 0.2) is 176 Å². The molecule has 15 nitrogen and oxygen atoms in total. The molecule has 0 aliphatic heterocycles. The average Bonchev–Trinajstić information content (AvgIpc) is 4.37. The van der Waals surface area contributed by atoms with E-state index in [1.165, 1.54) is 16.7 Å². The zero-order valence-electron chi connectivity index (χ0n) is 45.8. The number of carboxylic acids is 1. The third kappa shape index (κ3) is 18.6. The van der Waals surface area contributed by atoms with Crippen LogP contribution >= 0.6 is 0 Å². The molecule has 3 aromatic heterocycles. The van der Waals surface area contributed by atoms with Crippen molar-refractivity contribution in [1.82, 2.24) is 25.6 Å². The van der Waals surface area contributed by atoms with Crippen molar-refractivity contribution in [3.8, 4) is 0 Å². The molecule has 0 bridgehead atoms. The quantitative estimate of drug-likeness (QED) is 0.0408. The fraction of sp³-hybridized carbons (Fsp3) is 0.338. The zero-order chi connectivity index (χ0) is 55.1. The summed E-state index contributed by atoms with van der Waals surface area (Å²) in [5, 5.41) is 33.0. The number of esters is 1. The van der Waals surface area contributed by atoms with Crippen molar-refractivity contribution in [1.29, 1.82) is 0 Å². The van der Waals surface area contributed by atoms with E-state index in [0.29, 0.717) is 5.92 Å². The van der Waals surface area contributed by atoms with Crippen LogP contribution in [0.25, 0.3) is 0 Å². The number of nitrogens with two attached hydrogens (primary N) is 1. The summed E-state index contributed by atoms with van der Waals surface area (Å²) in [6.45, 7) is 5.68. The summed E-state index contributed by atoms with van der Waals surface area (Å²) in [5.41, 5.74) is 15.6. The fourth-order valence-electron chi connectivity index (χ4n) is 9.63. The Bertz CT molecular complexity index is 3040. The first-order valence-electron chi connectivity index (χ1n) is 26.8. The molecule has 11 rings (SSSR count). The van der Waals surface area contributed by atoms with Gasteiger partial charge in [-0.1, -0.05) is 147 Å². The average molecular weight is 1090 g/mol. The number of pyridine rings is 3. The van der Waals surface area contributed by atoms with Gasteiger partial charge in [-0.15, -0.1) is 0 Å². The van der Waals surface area contributed by atoms with Crippen LogP contribution in [0, 0.1) is 44.4 Å². The van der Waals surface area contributed by atoms with Crippen molar-refractivity contribution in [2.24, 2.45) is 29.4 Å². The number of nitrogens with one attached hydrogen (secondary N) is 2. The number of aryl methyl sites for hydroxylation is 3. The molecule has 11 atom stereocenters. The van der Waals surface area contributed by atoms with Gasteiger partial charge in [0.2, 0.25) is 11.8 Å². The predicted octanol–water partition coefficient (Wildman–Crippen LogP) is 6.76. The van der Waals surface area contributed by atoms with Gasteiger partial charge in [0.05, 0.1) is 43.2 Å². The van der Waals surface area contributed by atoms with Gasteiger partial charge in [-0.25, -0.2) is 0 Å². The van der Waals surface area contributed by atoms with Gasteiger partial charge in [0.25, 0.3) is 0 Å². The molecular weight excluding hydrogens is 1020 g/mol. The third-order valence-corrected chi connectivity index (χ3v) is 14.8. The van der Waals surface area contributed by atoms with Gasteiger partial charge in [-0.2, -0.15) is 0 Å². The maximum Gasteiger partial charge on any atom is 1.00 e. The second kappa shape index (κ2) is 31.0. The molecule has 3 heterocycles. The summed E-state index contributed by atoms with van der Waals surface area (Å²) in [6.07, 6.45) is 8.48. The molecule has 0 radical (unpaired) electrons. The van der Waals surface area contributed by atoms with Crippen molar-refractivity contribution < 1.29 is 63.6 Å². The van der Waals surface area contributed by atoms with Gasteiger partial charge in [0.15, 0.2) is 0 Å². The summed E-state index contributed by atoms with van der Waals surface area (Å²) in [7, 11) is 0. The van der Waals surface area contributed by atoms with Crippen LogP contribution < -0.4 is 35.2 Å². The number of aliphatic hydroxyl groups excluding tert-OH is 2. The topological polar surface area (TPSA) is 257 Å². The molecule has 16 heteroatoms. The van der Waals surface area contributed by atoms with Crippen molar-refractivity contribution in [2.75, 3.05) is 19.8 Å². The smallest absolute Gasteiger partial charge is 0.870 e. The Balaban J connectivity index is 0.000000216. The summed E-state index contributed by atoms with van der Waals surface area (Å²) in [6, 6.07) is 50.4. The molecule has 420 valence electrons. The number of rotatable bonds is 17. The van der Waals surface area contributed by atoms with Crippen molar-refractivity contribution in [3.05, 3.63) is 232 Å². The molecule has 8 N–H and O–H groups in total. The minimum Gasteiger partial charge on any atom is -0.870 e. The Morgan fingerprint density at radius 1 is 0.506 bits per heavy atom. The first kappa shape index (κ1) is 64.5. The minimum atomic E-state index is -0.663. The number of carboxylic acid groups (broad SMARTS) is 1. The summed E-state index contributed by atoms with van der Waals surface area (Å²) in [5.74, 6) is -0.0778. The van der Waals surface area contributed by atoms with Gasteiger partial charge in [0.1, 0.15) is 6.61 Å². The Hall–Kier alpha value is -7.35. The summed E-state index contributed by atoms with van der Waals surface area (Å²) < 4.78 is 5.70. The molecule has 2 amide bonds. The van der Waals surface area contributed by atoms with E-state index in [9.17, 15) is 24.3 Å². The number of amides is 2. The molecular formula is C65H75LiN6O9. The summed E-state index contributed by atoms with van der Waals surface area (Å²) >= 11 is 0. The van der Waals surface area contributed by atoms with E-state index in [1.54, 1.807) is 18.6 Å². The molecule has 0 unspecified atom stereocenters. The predicted molar refractivity (Wildman–Crippen MR) is 306 cm³/mol. The Morgan fingerprint density at radius 2 is 0.840 bits per heavy atom. The van der Waals surface area contributed by atoms with Crippen LogP contribution in [0.5, 0.6) is 0 Å². The number of carbonyl (C=O) groups excluding carboxylic acids is 3. The largest absolute Gasteiger partial charge is 1.00 e. The molecule has 81 heavy (non-hydrogen) atoms. The van der Waals surface area contributed by atoms with Crippen molar-refractivity contribution >= 4 is 23.8 Å². The molecule has 7 aromatic rings. The van der Waals surface area contributed by atoms with Crippen molar-refractivity contribution in [3.63, 3.8) is 0 Å². The van der Waals surface area contributed by atoms with Crippen LogP contribution in [-0.4, -0.2) is 79.3 Å². The maximum atomic E-state index is 13.0. The SMILES string of the molecule is C.Cc1ccc([C@@H](N)CO)cn1.Cc1ccc([C@H](CO)NC(=O)[C@H]2C[C@@H]2c2ccccc2)cn1.Cc1ccc([C@H](COC(=O)[C@H]2C[C@@H]2c2ccccc2)NC(=O)[C@H]2C[C@@H]2c2ccccc2)cn1.O=C(O)[C@H]1C[C@@H]1c1ccccc1.[Li+].[OH-]. The number of hydrogen-bond acceptors (Lipinski definition) is 12. The molecule has 0 spiro atoms. The number of aliphatic carboxylic acids is 1. The van der Waals surface area contributed by atoms with Crippen LogP contribution in [0.3, 0.4) is 0 Å². The van der Waals surface area contributed by atoms with Crippen LogP contribution in [0.4, 0.5) is 0 Å². The van der Waals surface area contributed by atoms with E-state index in [0.717, 1.165) is 65.0 Å². The van der Waals surface area contributed by atoms with Gasteiger partial charge in [-0.3, -0.25) is 34.1 Å². The second-order valence-electron chi connectivity index (χ2n) is 20.7. The molecule has 4 aliphatic carbocycles. The molecule has 4 aliphatic rings. The van der Waals surface area contributed by atoms with Gasteiger partial charge < -0.3 is 41.9 Å². The van der Waals surface area contributed by atoms with Gasteiger partial charge >= 0.3 is 30.8 Å².